The van der Waals surface area contributed by atoms with Crippen molar-refractivity contribution >= 4 is 21.8 Å². The number of alkyl halides is 1. The van der Waals surface area contributed by atoms with Crippen LogP contribution in [0.2, 0.25) is 0 Å². The summed E-state index contributed by atoms with van der Waals surface area (Å²) in [4.78, 5) is 13.6. The molecular formula is C9H16BrNO2. The van der Waals surface area contributed by atoms with Gasteiger partial charge in [0.05, 0.1) is 17.0 Å². The van der Waals surface area contributed by atoms with Gasteiger partial charge in [-0.05, 0) is 20.8 Å². The smallest absolute Gasteiger partial charge is 0.239 e. The Bertz CT molecular complexity index is 200. The molecule has 0 saturated carbocycles. The van der Waals surface area contributed by atoms with Gasteiger partial charge in [-0.2, -0.15) is 0 Å². The summed E-state index contributed by atoms with van der Waals surface area (Å²) >= 11 is 3.37. The molecule has 1 rings (SSSR count). The van der Waals surface area contributed by atoms with E-state index in [-0.39, 0.29) is 12.0 Å². The van der Waals surface area contributed by atoms with Gasteiger partial charge in [-0.1, -0.05) is 15.9 Å². The molecule has 4 heteroatoms. The first-order valence-electron chi connectivity index (χ1n) is 4.51. The van der Waals surface area contributed by atoms with E-state index in [1.54, 1.807) is 0 Å². The number of carbonyl (C=O) groups excluding carboxylic acids is 1. The van der Waals surface area contributed by atoms with Crippen LogP contribution in [-0.4, -0.2) is 40.9 Å². The standard InChI is InChI=1S/C9H16BrNO2/c1-7-6-11(4-5-13-7)8(12)9(2,3)10/h7H,4-6H2,1-3H3. The van der Waals surface area contributed by atoms with Gasteiger partial charge >= 0.3 is 0 Å². The number of carbonyl (C=O) groups is 1. The van der Waals surface area contributed by atoms with E-state index < -0.39 is 4.32 Å². The van der Waals surface area contributed by atoms with Gasteiger partial charge in [-0.3, -0.25) is 4.79 Å². The average Bonchev–Trinajstić information content (AvgIpc) is 2.01. The second kappa shape index (κ2) is 3.96. The Morgan fingerprint density at radius 3 is 2.69 bits per heavy atom. The predicted octanol–water partition coefficient (Wildman–Crippen LogP) is 1.41. The number of nitrogens with zero attached hydrogens (tertiary/aromatic N) is 1. The highest BCUT2D eigenvalue weighted by atomic mass is 79.9. The van der Waals surface area contributed by atoms with Gasteiger partial charge in [0, 0.05) is 13.1 Å². The van der Waals surface area contributed by atoms with Gasteiger partial charge in [0.15, 0.2) is 0 Å². The number of hydrogen-bond acceptors (Lipinski definition) is 2. The molecule has 0 aliphatic carbocycles. The van der Waals surface area contributed by atoms with E-state index in [0.717, 1.165) is 0 Å². The molecule has 1 unspecified atom stereocenters. The minimum Gasteiger partial charge on any atom is -0.375 e. The zero-order valence-electron chi connectivity index (χ0n) is 8.34. The highest BCUT2D eigenvalue weighted by Crippen LogP contribution is 2.20. The van der Waals surface area contributed by atoms with Crippen molar-refractivity contribution < 1.29 is 9.53 Å². The van der Waals surface area contributed by atoms with Crippen LogP contribution in [-0.2, 0) is 9.53 Å². The molecule has 0 aromatic carbocycles. The maximum absolute atomic E-state index is 11.8. The molecule has 13 heavy (non-hydrogen) atoms. The topological polar surface area (TPSA) is 29.5 Å². The summed E-state index contributed by atoms with van der Waals surface area (Å²) in [7, 11) is 0. The van der Waals surface area contributed by atoms with Gasteiger partial charge in [0.2, 0.25) is 5.91 Å². The van der Waals surface area contributed by atoms with Crippen molar-refractivity contribution in [1.82, 2.24) is 4.90 Å². The highest BCUT2D eigenvalue weighted by Gasteiger charge is 2.31. The third-order valence-electron chi connectivity index (χ3n) is 2.04. The quantitative estimate of drug-likeness (QED) is 0.658. The van der Waals surface area contributed by atoms with E-state index in [2.05, 4.69) is 15.9 Å². The van der Waals surface area contributed by atoms with Crippen LogP contribution >= 0.6 is 15.9 Å². The molecule has 0 radical (unpaired) electrons. The van der Waals surface area contributed by atoms with E-state index in [4.69, 9.17) is 4.74 Å². The third-order valence-corrected chi connectivity index (χ3v) is 2.38. The maximum atomic E-state index is 11.8. The van der Waals surface area contributed by atoms with Crippen LogP contribution in [0.3, 0.4) is 0 Å². The first-order chi connectivity index (χ1) is 5.91. The van der Waals surface area contributed by atoms with Crippen molar-refractivity contribution in [2.24, 2.45) is 0 Å². The summed E-state index contributed by atoms with van der Waals surface area (Å²) in [6.07, 6.45) is 0.160. The second-order valence-electron chi connectivity index (χ2n) is 3.91. The summed E-state index contributed by atoms with van der Waals surface area (Å²) in [5, 5.41) is 0. The number of amides is 1. The molecule has 0 spiro atoms. The van der Waals surface area contributed by atoms with Gasteiger partial charge in [-0.15, -0.1) is 0 Å². The molecule has 1 fully saturated rings. The van der Waals surface area contributed by atoms with Crippen molar-refractivity contribution in [3.63, 3.8) is 0 Å². The largest absolute Gasteiger partial charge is 0.375 e. The SMILES string of the molecule is CC1CN(C(=O)C(C)(C)Br)CCO1. The zero-order valence-corrected chi connectivity index (χ0v) is 9.93. The summed E-state index contributed by atoms with van der Waals surface area (Å²) < 4.78 is 4.91. The molecule has 0 aromatic heterocycles. The Balaban J connectivity index is 2.56. The van der Waals surface area contributed by atoms with Crippen LogP contribution < -0.4 is 0 Å². The lowest BCUT2D eigenvalue weighted by Crippen LogP contribution is -2.49. The van der Waals surface area contributed by atoms with E-state index in [0.29, 0.717) is 19.7 Å². The minimum atomic E-state index is -0.454. The monoisotopic (exact) mass is 249 g/mol. The van der Waals surface area contributed by atoms with Crippen LogP contribution in [0.4, 0.5) is 0 Å². The van der Waals surface area contributed by atoms with E-state index >= 15 is 0 Å². The van der Waals surface area contributed by atoms with Crippen LogP contribution in [0.5, 0.6) is 0 Å². The lowest BCUT2D eigenvalue weighted by Gasteiger charge is -2.34. The molecule has 1 aliphatic rings. The molecule has 0 bridgehead atoms. The maximum Gasteiger partial charge on any atom is 0.239 e. The molecule has 3 nitrogen and oxygen atoms in total. The molecule has 1 heterocycles. The number of hydrogen-bond donors (Lipinski definition) is 0. The fourth-order valence-electron chi connectivity index (χ4n) is 1.38. The molecule has 1 amide bonds. The molecular weight excluding hydrogens is 234 g/mol. The zero-order chi connectivity index (χ0) is 10.1. The summed E-state index contributed by atoms with van der Waals surface area (Å²) in [5.74, 6) is 0.141. The number of halogens is 1. The second-order valence-corrected chi connectivity index (χ2v) is 5.89. The molecule has 76 valence electrons. The van der Waals surface area contributed by atoms with Crippen molar-refractivity contribution in [2.75, 3.05) is 19.7 Å². The van der Waals surface area contributed by atoms with Gasteiger partial charge in [-0.25, -0.2) is 0 Å². The van der Waals surface area contributed by atoms with Crippen LogP contribution in [0, 0.1) is 0 Å². The van der Waals surface area contributed by atoms with Crippen LogP contribution in [0.1, 0.15) is 20.8 Å². The Kier molecular flexibility index (Phi) is 3.35. The van der Waals surface area contributed by atoms with Gasteiger partial charge < -0.3 is 9.64 Å². The van der Waals surface area contributed by atoms with E-state index in [1.165, 1.54) is 0 Å². The molecule has 0 N–H and O–H groups in total. The van der Waals surface area contributed by atoms with E-state index in [9.17, 15) is 4.79 Å². The lowest BCUT2D eigenvalue weighted by atomic mass is 10.1. The Morgan fingerprint density at radius 2 is 2.23 bits per heavy atom. The normalized spacial score (nSPS) is 24.6. The first-order valence-corrected chi connectivity index (χ1v) is 5.30. The molecule has 1 aliphatic heterocycles. The van der Waals surface area contributed by atoms with Crippen molar-refractivity contribution in [2.45, 2.75) is 31.2 Å². The van der Waals surface area contributed by atoms with Crippen LogP contribution in [0.15, 0.2) is 0 Å². The van der Waals surface area contributed by atoms with Crippen LogP contribution in [0.25, 0.3) is 0 Å². The number of rotatable bonds is 1. The van der Waals surface area contributed by atoms with Crippen molar-refractivity contribution in [1.29, 1.82) is 0 Å². The highest BCUT2D eigenvalue weighted by molar-refractivity contribution is 9.10. The number of ether oxygens (including phenoxy) is 1. The van der Waals surface area contributed by atoms with Gasteiger partial charge in [0.1, 0.15) is 0 Å². The van der Waals surface area contributed by atoms with E-state index in [1.807, 2.05) is 25.7 Å². The van der Waals surface area contributed by atoms with Gasteiger partial charge in [0.25, 0.3) is 0 Å². The fourth-order valence-corrected chi connectivity index (χ4v) is 1.63. The molecule has 1 atom stereocenters. The third kappa shape index (κ3) is 2.95. The summed E-state index contributed by atoms with van der Waals surface area (Å²) in [6.45, 7) is 7.79. The molecule has 1 saturated heterocycles. The molecule has 0 aromatic rings. The first kappa shape index (κ1) is 11.0. The Labute approximate surface area is 87.6 Å². The summed E-state index contributed by atoms with van der Waals surface area (Å²) in [5.41, 5.74) is 0. The average molecular weight is 250 g/mol. The summed E-state index contributed by atoms with van der Waals surface area (Å²) in [6, 6.07) is 0. The lowest BCUT2D eigenvalue weighted by molar-refractivity contribution is -0.139. The van der Waals surface area contributed by atoms with Crippen molar-refractivity contribution in [3.8, 4) is 0 Å². The minimum absolute atomic E-state index is 0.141. The van der Waals surface area contributed by atoms with Crippen molar-refractivity contribution in [3.05, 3.63) is 0 Å². The Hall–Kier alpha value is -0.0900. The predicted molar refractivity (Wildman–Crippen MR) is 55.0 cm³/mol. The number of morpholine rings is 1. The Morgan fingerprint density at radius 1 is 1.62 bits per heavy atom. The fraction of sp³-hybridized carbons (Fsp3) is 0.889.